The normalized spacial score (nSPS) is 20.9. The van der Waals surface area contributed by atoms with Gasteiger partial charge in [0, 0.05) is 37.6 Å². The van der Waals surface area contributed by atoms with E-state index in [9.17, 15) is 28.5 Å². The molecule has 15 nitrogen and oxygen atoms in total. The van der Waals surface area contributed by atoms with Gasteiger partial charge in [-0.1, -0.05) is 39.5 Å². The van der Waals surface area contributed by atoms with Gasteiger partial charge in [-0.3, -0.25) is 28.2 Å². The summed E-state index contributed by atoms with van der Waals surface area (Å²) < 4.78 is 38.0. The summed E-state index contributed by atoms with van der Waals surface area (Å²) in [7, 11) is -4.26. The Kier molecular flexibility index (Phi) is 15.0. The van der Waals surface area contributed by atoms with E-state index in [4.69, 9.17) is 28.8 Å². The molecule has 39 heavy (non-hydrogen) atoms. The molecule has 17 heteroatoms. The van der Waals surface area contributed by atoms with E-state index in [0.29, 0.717) is 12.3 Å². The number of nitrogens with one attached hydrogen (secondary N) is 3. The van der Waals surface area contributed by atoms with Crippen molar-refractivity contribution < 1.29 is 51.6 Å². The minimum atomic E-state index is -4.26. The Balaban J connectivity index is 2.40. The number of amides is 3. The molecule has 0 radical (unpaired) electrons. The second-order valence-electron chi connectivity index (χ2n) is 9.47. The number of rotatable bonds is 15. The quantitative estimate of drug-likeness (QED) is 0.0884. The molecular formula is C22H39N4O11PS. The monoisotopic (exact) mass is 598 g/mol. The van der Waals surface area contributed by atoms with Gasteiger partial charge >= 0.3 is 19.9 Å². The first-order valence-corrected chi connectivity index (χ1v) is 14.7. The van der Waals surface area contributed by atoms with Gasteiger partial charge in [-0.05, 0) is 5.92 Å². The molecule has 0 bridgehead atoms. The second-order valence-corrected chi connectivity index (χ2v) is 12.4. The first-order chi connectivity index (χ1) is 18.2. The van der Waals surface area contributed by atoms with Crippen LogP contribution in [0.25, 0.3) is 0 Å². The Labute approximate surface area is 231 Å². The molecule has 5 N–H and O–H groups in total. The number of phosphoric ester groups is 1. The van der Waals surface area contributed by atoms with Crippen LogP contribution in [0, 0.1) is 11.3 Å². The van der Waals surface area contributed by atoms with E-state index in [1.165, 1.54) is 6.92 Å². The van der Waals surface area contributed by atoms with Gasteiger partial charge < -0.3 is 31.2 Å². The van der Waals surface area contributed by atoms with Crippen LogP contribution < -0.4 is 21.7 Å². The minimum Gasteiger partial charge on any atom is -0.463 e. The van der Waals surface area contributed by atoms with Crippen LogP contribution in [0.4, 0.5) is 4.79 Å². The number of esters is 1. The van der Waals surface area contributed by atoms with Crippen LogP contribution in [-0.4, -0.2) is 86.5 Å². The molecule has 1 unspecified atom stereocenters. The summed E-state index contributed by atoms with van der Waals surface area (Å²) in [5.74, 6) is -1.19. The molecule has 224 valence electrons. The zero-order chi connectivity index (χ0) is 29.6. The number of thioether (sulfide) groups is 1. The van der Waals surface area contributed by atoms with E-state index in [1.54, 1.807) is 27.7 Å². The third-order valence-electron chi connectivity index (χ3n) is 5.16. The molecule has 1 aliphatic heterocycles. The van der Waals surface area contributed by atoms with Crippen molar-refractivity contribution >= 4 is 48.6 Å². The second kappa shape index (κ2) is 16.8. The summed E-state index contributed by atoms with van der Waals surface area (Å²) in [6, 6.07) is -0.776. The summed E-state index contributed by atoms with van der Waals surface area (Å²) in [5, 5.41) is 7.44. The van der Waals surface area contributed by atoms with Gasteiger partial charge in [-0.25, -0.2) is 13.9 Å². The fraction of sp³-hybridized carbons (Fsp3) is 0.773. The molecule has 0 aliphatic carbocycles. The van der Waals surface area contributed by atoms with Crippen molar-refractivity contribution in [2.75, 3.05) is 45.4 Å². The van der Waals surface area contributed by atoms with E-state index in [0.717, 1.165) is 11.8 Å². The average Bonchev–Trinajstić information content (AvgIpc) is 2.85. The first kappa shape index (κ1) is 34.8. The molecule has 0 aromatic heterocycles. The van der Waals surface area contributed by atoms with Crippen LogP contribution in [0.1, 0.15) is 41.0 Å². The summed E-state index contributed by atoms with van der Waals surface area (Å²) in [6.45, 7) is 7.43. The number of hydrogen-bond acceptors (Lipinski definition) is 13. The summed E-state index contributed by atoms with van der Waals surface area (Å²) in [4.78, 5) is 58.9. The van der Waals surface area contributed by atoms with Crippen molar-refractivity contribution in [3.05, 3.63) is 0 Å². The Morgan fingerprint density at radius 3 is 2.41 bits per heavy atom. The van der Waals surface area contributed by atoms with Crippen molar-refractivity contribution in [3.8, 4) is 0 Å². The molecule has 1 aliphatic rings. The standard InChI is InChI=1S/C22H39N4O11PS/c1-14(2)17(23)20(30)33-10-8-26-21(31)34-13-36-38(32)35-12-22(4,5)18(37-38)19(29)25-7-6-16(28)24-9-11-39-15(3)27/h14,17-18H,6-13,23H2,1-5H3,(H,24,28)(H,25,29)(H,26,31)/t17-,18-,38?/m0/s1. The Hall–Kier alpha value is -2.23. The van der Waals surface area contributed by atoms with Crippen molar-refractivity contribution in [3.63, 3.8) is 0 Å². The molecule has 3 amide bonds. The first-order valence-electron chi connectivity index (χ1n) is 12.2. The maximum Gasteiger partial charge on any atom is 0.478 e. The molecule has 0 spiro atoms. The lowest BCUT2D eigenvalue weighted by Crippen LogP contribution is -2.50. The van der Waals surface area contributed by atoms with Crippen LogP contribution in [0.5, 0.6) is 0 Å². The molecule has 0 aromatic carbocycles. The predicted octanol–water partition coefficient (Wildman–Crippen LogP) is 0.665. The fourth-order valence-corrected chi connectivity index (χ4v) is 4.83. The van der Waals surface area contributed by atoms with Crippen LogP contribution >= 0.6 is 19.6 Å². The van der Waals surface area contributed by atoms with E-state index < -0.39 is 50.1 Å². The third-order valence-corrected chi connectivity index (χ3v) is 7.32. The van der Waals surface area contributed by atoms with Gasteiger partial charge in [0.15, 0.2) is 11.2 Å². The Morgan fingerprint density at radius 2 is 1.77 bits per heavy atom. The van der Waals surface area contributed by atoms with Gasteiger partial charge in [0.05, 0.1) is 13.2 Å². The highest BCUT2D eigenvalue weighted by Gasteiger charge is 2.49. The van der Waals surface area contributed by atoms with Crippen LogP contribution in [-0.2, 0) is 46.8 Å². The molecule has 1 saturated heterocycles. The molecule has 1 fully saturated rings. The number of ether oxygens (including phenoxy) is 2. The zero-order valence-electron chi connectivity index (χ0n) is 22.8. The van der Waals surface area contributed by atoms with E-state index in [-0.39, 0.29) is 49.7 Å². The lowest BCUT2D eigenvalue weighted by atomic mass is 9.87. The van der Waals surface area contributed by atoms with Crippen molar-refractivity contribution in [1.29, 1.82) is 0 Å². The number of alkyl carbamates (subject to hydrolysis) is 1. The van der Waals surface area contributed by atoms with Gasteiger partial charge in [0.1, 0.15) is 12.6 Å². The number of carbonyl (C=O) groups excluding carboxylic acids is 5. The lowest BCUT2D eigenvalue weighted by molar-refractivity contribution is -0.146. The highest BCUT2D eigenvalue weighted by atomic mass is 32.2. The number of carbonyl (C=O) groups is 5. The molecule has 1 heterocycles. The van der Waals surface area contributed by atoms with Crippen LogP contribution in [0.3, 0.4) is 0 Å². The number of nitrogens with two attached hydrogens (primary N) is 1. The van der Waals surface area contributed by atoms with E-state index in [2.05, 4.69) is 16.0 Å². The third kappa shape index (κ3) is 13.6. The molecular weight excluding hydrogens is 559 g/mol. The highest BCUT2D eigenvalue weighted by molar-refractivity contribution is 8.13. The molecule has 0 aromatic rings. The van der Waals surface area contributed by atoms with Crippen LogP contribution in [0.15, 0.2) is 0 Å². The van der Waals surface area contributed by atoms with Gasteiger partial charge in [-0.2, -0.15) is 0 Å². The summed E-state index contributed by atoms with van der Waals surface area (Å²) >= 11 is 1.09. The maximum absolute atomic E-state index is 12.8. The SMILES string of the molecule is CC(=O)SCCNC(=O)CCNC(=O)[C@@H]1OP(=O)(OCOC(=O)NCCOC(=O)[C@@H](N)C(C)C)OCC1(C)C. The van der Waals surface area contributed by atoms with Crippen molar-refractivity contribution in [2.24, 2.45) is 17.1 Å². The Morgan fingerprint density at radius 1 is 1.08 bits per heavy atom. The van der Waals surface area contributed by atoms with Gasteiger partial charge in [0.25, 0.3) is 0 Å². The maximum atomic E-state index is 12.8. The summed E-state index contributed by atoms with van der Waals surface area (Å²) in [6.07, 6.45) is -2.20. The van der Waals surface area contributed by atoms with Crippen molar-refractivity contribution in [2.45, 2.75) is 53.2 Å². The topological polar surface area (TPSA) is 211 Å². The largest absolute Gasteiger partial charge is 0.478 e. The molecule has 3 atom stereocenters. The molecule has 1 rings (SSSR count). The highest BCUT2D eigenvalue weighted by Crippen LogP contribution is 2.57. The van der Waals surface area contributed by atoms with E-state index in [1.807, 2.05) is 0 Å². The number of phosphoric acid groups is 1. The van der Waals surface area contributed by atoms with Crippen LogP contribution in [0.2, 0.25) is 0 Å². The van der Waals surface area contributed by atoms with Gasteiger partial charge in [-0.15, -0.1) is 0 Å². The predicted molar refractivity (Wildman–Crippen MR) is 140 cm³/mol. The Bertz CT molecular complexity index is 918. The lowest BCUT2D eigenvalue weighted by Gasteiger charge is -2.39. The van der Waals surface area contributed by atoms with Gasteiger partial charge in [0.2, 0.25) is 18.6 Å². The molecule has 0 saturated carbocycles. The summed E-state index contributed by atoms with van der Waals surface area (Å²) in [5.41, 5.74) is 4.77. The fourth-order valence-electron chi connectivity index (χ4n) is 2.83. The average molecular weight is 599 g/mol. The minimum absolute atomic E-state index is 0.00548. The number of hydrogen-bond donors (Lipinski definition) is 4. The smallest absolute Gasteiger partial charge is 0.463 e. The van der Waals surface area contributed by atoms with Crippen molar-refractivity contribution in [1.82, 2.24) is 16.0 Å². The zero-order valence-corrected chi connectivity index (χ0v) is 24.5. The van der Waals surface area contributed by atoms with E-state index >= 15 is 0 Å².